The molecular formula is C21H24ClF2NO2. The van der Waals surface area contributed by atoms with Crippen LogP contribution < -0.4 is 5.32 Å². The summed E-state index contributed by atoms with van der Waals surface area (Å²) in [5, 5.41) is 2.60. The van der Waals surface area contributed by atoms with Crippen molar-refractivity contribution in [2.24, 2.45) is 0 Å². The maximum Gasteiger partial charge on any atom is 0.257 e. The summed E-state index contributed by atoms with van der Waals surface area (Å²) in [7, 11) is 0. The van der Waals surface area contributed by atoms with Crippen molar-refractivity contribution in [3.8, 4) is 0 Å². The van der Waals surface area contributed by atoms with Crippen LogP contribution in [0.25, 0.3) is 0 Å². The van der Waals surface area contributed by atoms with Gasteiger partial charge >= 0.3 is 0 Å². The molecule has 0 aliphatic carbocycles. The largest absolute Gasteiger partial charge is 0.381 e. The minimum atomic E-state index is -0.908. The first kappa shape index (κ1) is 21.3. The lowest BCUT2D eigenvalue weighted by molar-refractivity contribution is 0.0932. The van der Waals surface area contributed by atoms with E-state index in [0.29, 0.717) is 13.2 Å². The molecule has 0 saturated heterocycles. The molecule has 0 aliphatic heterocycles. The van der Waals surface area contributed by atoms with E-state index >= 15 is 0 Å². The molecule has 1 unspecified atom stereocenters. The molecule has 2 aromatic carbocycles. The standard InChI is InChI=1S/C21H24ClF2NO2/c1-4-27-13-21(2,3)15-10-8-14(9-11-15)18(12-22)25-20(26)19-16(23)6-5-7-17(19)24/h5-11,18H,4,12-13H2,1-3H3,(H,25,26). The van der Waals surface area contributed by atoms with Crippen LogP contribution >= 0.6 is 11.6 Å². The van der Waals surface area contributed by atoms with E-state index in [4.69, 9.17) is 16.3 Å². The summed E-state index contributed by atoms with van der Waals surface area (Å²) in [5.41, 5.74) is 1.07. The van der Waals surface area contributed by atoms with Crippen LogP contribution in [-0.2, 0) is 10.2 Å². The molecular weight excluding hydrogens is 372 g/mol. The van der Waals surface area contributed by atoms with E-state index in [9.17, 15) is 13.6 Å². The molecule has 0 aromatic heterocycles. The molecule has 0 bridgehead atoms. The number of rotatable bonds is 8. The molecule has 0 spiro atoms. The summed E-state index contributed by atoms with van der Waals surface area (Å²) in [4.78, 5) is 12.3. The predicted octanol–water partition coefficient (Wildman–Crippen LogP) is 4.99. The third kappa shape index (κ3) is 5.27. The van der Waals surface area contributed by atoms with Gasteiger partial charge in [0.1, 0.15) is 17.2 Å². The fourth-order valence-corrected chi connectivity index (χ4v) is 3.02. The van der Waals surface area contributed by atoms with Gasteiger partial charge in [-0.15, -0.1) is 11.6 Å². The second-order valence-corrected chi connectivity index (χ2v) is 7.23. The lowest BCUT2D eigenvalue weighted by Gasteiger charge is -2.26. The Morgan fingerprint density at radius 1 is 1.15 bits per heavy atom. The van der Waals surface area contributed by atoms with Crippen LogP contribution in [0.1, 0.15) is 48.3 Å². The zero-order valence-corrected chi connectivity index (χ0v) is 16.4. The third-order valence-corrected chi connectivity index (χ3v) is 4.72. The number of amides is 1. The van der Waals surface area contributed by atoms with Gasteiger partial charge < -0.3 is 10.1 Å². The van der Waals surface area contributed by atoms with Gasteiger partial charge in [0, 0.05) is 17.9 Å². The van der Waals surface area contributed by atoms with Crippen molar-refractivity contribution in [2.45, 2.75) is 32.2 Å². The van der Waals surface area contributed by atoms with Crippen LogP contribution in [0.3, 0.4) is 0 Å². The van der Waals surface area contributed by atoms with Crippen molar-refractivity contribution in [1.29, 1.82) is 0 Å². The highest BCUT2D eigenvalue weighted by Gasteiger charge is 2.23. The maximum absolute atomic E-state index is 13.8. The highest BCUT2D eigenvalue weighted by molar-refractivity contribution is 6.18. The number of halogens is 3. The summed E-state index contributed by atoms with van der Waals surface area (Å²) in [5.74, 6) is -2.58. The van der Waals surface area contributed by atoms with E-state index in [1.54, 1.807) is 0 Å². The van der Waals surface area contributed by atoms with E-state index in [0.717, 1.165) is 23.3 Å². The fraction of sp³-hybridized carbons (Fsp3) is 0.381. The highest BCUT2D eigenvalue weighted by atomic mass is 35.5. The summed E-state index contributed by atoms with van der Waals surface area (Å²) in [6.07, 6.45) is 0. The van der Waals surface area contributed by atoms with Gasteiger partial charge in [-0.2, -0.15) is 0 Å². The van der Waals surface area contributed by atoms with Crippen LogP contribution in [0.4, 0.5) is 8.78 Å². The van der Waals surface area contributed by atoms with E-state index in [2.05, 4.69) is 19.2 Å². The van der Waals surface area contributed by atoms with Crippen molar-refractivity contribution in [2.75, 3.05) is 19.1 Å². The van der Waals surface area contributed by atoms with Crippen LogP contribution in [-0.4, -0.2) is 25.0 Å². The molecule has 27 heavy (non-hydrogen) atoms. The Bertz CT molecular complexity index is 758. The van der Waals surface area contributed by atoms with Crippen LogP contribution in [0, 0.1) is 11.6 Å². The van der Waals surface area contributed by atoms with Crippen LogP contribution in [0.15, 0.2) is 42.5 Å². The van der Waals surface area contributed by atoms with E-state index in [-0.39, 0.29) is 11.3 Å². The number of hydrogen-bond acceptors (Lipinski definition) is 2. The lowest BCUT2D eigenvalue weighted by Crippen LogP contribution is -2.31. The van der Waals surface area contributed by atoms with Gasteiger partial charge in [0.25, 0.3) is 5.91 Å². The summed E-state index contributed by atoms with van der Waals surface area (Å²) < 4.78 is 33.1. The first-order chi connectivity index (χ1) is 12.8. The topological polar surface area (TPSA) is 38.3 Å². The number of nitrogens with one attached hydrogen (secondary N) is 1. The average Bonchev–Trinajstić information content (AvgIpc) is 2.64. The Morgan fingerprint density at radius 3 is 2.26 bits per heavy atom. The molecule has 0 aliphatic rings. The maximum atomic E-state index is 13.8. The fourth-order valence-electron chi connectivity index (χ4n) is 2.76. The van der Waals surface area contributed by atoms with Crippen molar-refractivity contribution < 1.29 is 18.3 Å². The number of hydrogen-bond donors (Lipinski definition) is 1. The predicted molar refractivity (Wildman–Crippen MR) is 103 cm³/mol. The first-order valence-corrected chi connectivity index (χ1v) is 9.32. The van der Waals surface area contributed by atoms with E-state index in [1.165, 1.54) is 6.07 Å². The third-order valence-electron chi connectivity index (χ3n) is 4.41. The minimum absolute atomic E-state index is 0.0729. The molecule has 0 radical (unpaired) electrons. The first-order valence-electron chi connectivity index (χ1n) is 8.79. The molecule has 1 N–H and O–H groups in total. The Balaban J connectivity index is 2.17. The Morgan fingerprint density at radius 2 is 1.74 bits per heavy atom. The van der Waals surface area contributed by atoms with Crippen LogP contribution in [0.2, 0.25) is 0 Å². The van der Waals surface area contributed by atoms with Gasteiger partial charge in [-0.1, -0.05) is 44.2 Å². The highest BCUT2D eigenvalue weighted by Crippen LogP contribution is 2.26. The van der Waals surface area contributed by atoms with E-state index < -0.39 is 29.1 Å². The molecule has 6 heteroatoms. The minimum Gasteiger partial charge on any atom is -0.381 e. The quantitative estimate of drug-likeness (QED) is 0.639. The summed E-state index contributed by atoms with van der Waals surface area (Å²) in [6, 6.07) is 10.3. The Labute approximate surface area is 163 Å². The second kappa shape index (κ2) is 9.29. The molecule has 0 heterocycles. The van der Waals surface area contributed by atoms with Gasteiger partial charge in [-0.05, 0) is 30.2 Å². The Hall–Kier alpha value is -1.98. The van der Waals surface area contributed by atoms with Crippen molar-refractivity contribution in [3.63, 3.8) is 0 Å². The zero-order valence-electron chi connectivity index (χ0n) is 15.7. The molecule has 1 amide bonds. The zero-order chi connectivity index (χ0) is 20.0. The number of carbonyl (C=O) groups is 1. The number of ether oxygens (including phenoxy) is 1. The summed E-state index contributed by atoms with van der Waals surface area (Å²) in [6.45, 7) is 7.35. The van der Waals surface area contributed by atoms with Crippen molar-refractivity contribution in [1.82, 2.24) is 5.32 Å². The van der Waals surface area contributed by atoms with Crippen molar-refractivity contribution >= 4 is 17.5 Å². The molecule has 1 atom stereocenters. The lowest BCUT2D eigenvalue weighted by atomic mass is 9.85. The molecule has 0 fully saturated rings. The number of carbonyl (C=O) groups excluding carboxylic acids is 1. The van der Waals surface area contributed by atoms with Gasteiger partial charge in [-0.25, -0.2) is 8.78 Å². The summed E-state index contributed by atoms with van der Waals surface area (Å²) >= 11 is 5.99. The van der Waals surface area contributed by atoms with Gasteiger partial charge in [-0.3, -0.25) is 4.79 Å². The monoisotopic (exact) mass is 395 g/mol. The second-order valence-electron chi connectivity index (χ2n) is 6.92. The van der Waals surface area contributed by atoms with Crippen LogP contribution in [0.5, 0.6) is 0 Å². The number of benzene rings is 2. The molecule has 2 aromatic rings. The average molecular weight is 396 g/mol. The van der Waals surface area contributed by atoms with Crippen molar-refractivity contribution in [3.05, 3.63) is 70.8 Å². The van der Waals surface area contributed by atoms with Gasteiger partial charge in [0.05, 0.1) is 12.6 Å². The normalized spacial score (nSPS) is 12.7. The van der Waals surface area contributed by atoms with Gasteiger partial charge in [0.15, 0.2) is 0 Å². The smallest absolute Gasteiger partial charge is 0.257 e. The van der Waals surface area contributed by atoms with Gasteiger partial charge in [0.2, 0.25) is 0 Å². The molecule has 3 nitrogen and oxygen atoms in total. The molecule has 0 saturated carbocycles. The number of alkyl halides is 1. The van der Waals surface area contributed by atoms with E-state index in [1.807, 2.05) is 31.2 Å². The SMILES string of the molecule is CCOCC(C)(C)c1ccc(C(CCl)NC(=O)c2c(F)cccc2F)cc1. The Kier molecular flexibility index (Phi) is 7.33. The molecule has 146 valence electrons. The molecule has 2 rings (SSSR count).